The maximum atomic E-state index is 5.89. The topological polar surface area (TPSA) is 43.8 Å². The molecular formula is C14H18BrN3. The molecule has 0 bridgehead atoms. The molecule has 1 aromatic heterocycles. The Morgan fingerprint density at radius 1 is 1.28 bits per heavy atom. The normalized spacial score (nSPS) is 12.7. The molecule has 2 N–H and O–H groups in total. The highest BCUT2D eigenvalue weighted by atomic mass is 79.9. The molecular weight excluding hydrogens is 290 g/mol. The van der Waals surface area contributed by atoms with E-state index in [1.807, 2.05) is 30.7 Å². The van der Waals surface area contributed by atoms with E-state index in [9.17, 15) is 0 Å². The van der Waals surface area contributed by atoms with Gasteiger partial charge in [-0.3, -0.25) is 0 Å². The fourth-order valence-corrected chi connectivity index (χ4v) is 2.39. The van der Waals surface area contributed by atoms with Crippen LogP contribution in [0.4, 0.5) is 0 Å². The lowest BCUT2D eigenvalue weighted by Crippen LogP contribution is -2.18. The van der Waals surface area contributed by atoms with Crippen molar-refractivity contribution in [3.05, 3.63) is 45.7 Å². The van der Waals surface area contributed by atoms with Crippen LogP contribution >= 0.6 is 15.9 Å². The number of halogens is 1. The smallest absolute Gasteiger partial charge is 0.0649 e. The van der Waals surface area contributed by atoms with Gasteiger partial charge in [0.1, 0.15) is 0 Å². The second kappa shape index (κ2) is 5.24. The molecule has 1 unspecified atom stereocenters. The highest BCUT2D eigenvalue weighted by Crippen LogP contribution is 2.20. The molecule has 0 spiro atoms. The Balaban J connectivity index is 2.43. The molecule has 0 saturated heterocycles. The van der Waals surface area contributed by atoms with Crippen LogP contribution in [-0.2, 0) is 6.42 Å². The first-order valence-electron chi connectivity index (χ1n) is 6.05. The number of hydrogen-bond donors (Lipinski definition) is 1. The van der Waals surface area contributed by atoms with Crippen molar-refractivity contribution < 1.29 is 0 Å². The van der Waals surface area contributed by atoms with Crippen LogP contribution in [0.15, 0.2) is 28.7 Å². The van der Waals surface area contributed by atoms with Gasteiger partial charge < -0.3 is 5.73 Å². The Kier molecular flexibility index (Phi) is 3.88. The SMILES string of the molecule is Cc1nn(-c2ccc(Br)cc2)c(C)c1CC(C)N. The van der Waals surface area contributed by atoms with E-state index >= 15 is 0 Å². The predicted octanol–water partition coefficient (Wildman–Crippen LogP) is 3.14. The predicted molar refractivity (Wildman–Crippen MR) is 78.1 cm³/mol. The molecule has 4 heteroatoms. The molecule has 2 aromatic rings. The number of hydrogen-bond acceptors (Lipinski definition) is 2. The minimum Gasteiger partial charge on any atom is -0.328 e. The van der Waals surface area contributed by atoms with Gasteiger partial charge in [-0.1, -0.05) is 15.9 Å². The molecule has 2 rings (SSSR count). The third-order valence-corrected chi connectivity index (χ3v) is 3.57. The molecule has 0 aliphatic rings. The van der Waals surface area contributed by atoms with Crippen LogP contribution in [0.5, 0.6) is 0 Å². The van der Waals surface area contributed by atoms with Crippen molar-refractivity contribution in [1.82, 2.24) is 9.78 Å². The van der Waals surface area contributed by atoms with Gasteiger partial charge in [0.25, 0.3) is 0 Å². The fourth-order valence-electron chi connectivity index (χ4n) is 2.13. The Morgan fingerprint density at radius 3 is 2.44 bits per heavy atom. The van der Waals surface area contributed by atoms with Crippen LogP contribution in [-0.4, -0.2) is 15.8 Å². The summed E-state index contributed by atoms with van der Waals surface area (Å²) in [5.41, 5.74) is 10.5. The van der Waals surface area contributed by atoms with Crippen molar-refractivity contribution in [2.45, 2.75) is 33.2 Å². The average Bonchev–Trinajstić information content (AvgIpc) is 2.58. The summed E-state index contributed by atoms with van der Waals surface area (Å²) in [7, 11) is 0. The summed E-state index contributed by atoms with van der Waals surface area (Å²) in [6.07, 6.45) is 0.869. The number of rotatable bonds is 3. The minimum atomic E-state index is 0.157. The summed E-state index contributed by atoms with van der Waals surface area (Å²) in [6.45, 7) is 6.16. The second-order valence-electron chi connectivity index (χ2n) is 4.72. The largest absolute Gasteiger partial charge is 0.328 e. The van der Waals surface area contributed by atoms with Crippen LogP contribution in [0, 0.1) is 13.8 Å². The number of aryl methyl sites for hydroxylation is 1. The van der Waals surface area contributed by atoms with E-state index < -0.39 is 0 Å². The van der Waals surface area contributed by atoms with E-state index in [4.69, 9.17) is 5.73 Å². The molecule has 96 valence electrons. The van der Waals surface area contributed by atoms with Crippen LogP contribution in [0.2, 0.25) is 0 Å². The Bertz CT molecular complexity index is 541. The molecule has 18 heavy (non-hydrogen) atoms. The summed E-state index contributed by atoms with van der Waals surface area (Å²) >= 11 is 3.44. The molecule has 0 fully saturated rings. The monoisotopic (exact) mass is 307 g/mol. The van der Waals surface area contributed by atoms with Crippen LogP contribution in [0.1, 0.15) is 23.9 Å². The summed E-state index contributed by atoms with van der Waals surface area (Å²) in [4.78, 5) is 0. The molecule has 0 aliphatic heterocycles. The van der Waals surface area contributed by atoms with E-state index in [-0.39, 0.29) is 6.04 Å². The first-order valence-corrected chi connectivity index (χ1v) is 6.85. The highest BCUT2D eigenvalue weighted by Gasteiger charge is 2.13. The minimum absolute atomic E-state index is 0.157. The second-order valence-corrected chi connectivity index (χ2v) is 5.63. The van der Waals surface area contributed by atoms with Crippen molar-refractivity contribution in [3.8, 4) is 5.69 Å². The number of nitrogens with two attached hydrogens (primary N) is 1. The van der Waals surface area contributed by atoms with Crippen molar-refractivity contribution >= 4 is 15.9 Å². The third kappa shape index (κ3) is 2.65. The van der Waals surface area contributed by atoms with Gasteiger partial charge in [0, 0.05) is 16.2 Å². The lowest BCUT2D eigenvalue weighted by molar-refractivity contribution is 0.730. The van der Waals surface area contributed by atoms with Gasteiger partial charge in [0.2, 0.25) is 0 Å². The fraction of sp³-hybridized carbons (Fsp3) is 0.357. The lowest BCUT2D eigenvalue weighted by Gasteiger charge is -2.07. The van der Waals surface area contributed by atoms with E-state index in [1.54, 1.807) is 0 Å². The average molecular weight is 308 g/mol. The molecule has 3 nitrogen and oxygen atoms in total. The van der Waals surface area contributed by atoms with Crippen molar-refractivity contribution in [2.75, 3.05) is 0 Å². The van der Waals surface area contributed by atoms with Gasteiger partial charge >= 0.3 is 0 Å². The molecule has 0 aliphatic carbocycles. The van der Waals surface area contributed by atoms with E-state index in [1.165, 1.54) is 11.3 Å². The molecule has 0 radical (unpaired) electrons. The number of nitrogens with zero attached hydrogens (tertiary/aromatic N) is 2. The molecule has 0 saturated carbocycles. The molecule has 0 amide bonds. The Labute approximate surface area is 116 Å². The first kappa shape index (κ1) is 13.3. The first-order chi connectivity index (χ1) is 8.49. The molecule has 1 atom stereocenters. The van der Waals surface area contributed by atoms with E-state index in [2.05, 4.69) is 40.1 Å². The zero-order valence-corrected chi connectivity index (χ0v) is 12.5. The van der Waals surface area contributed by atoms with Gasteiger partial charge in [0.15, 0.2) is 0 Å². The van der Waals surface area contributed by atoms with Gasteiger partial charge in [-0.15, -0.1) is 0 Å². The standard InChI is InChI=1S/C14H18BrN3/c1-9(16)8-14-10(2)17-18(11(14)3)13-6-4-12(15)5-7-13/h4-7,9H,8,16H2,1-3H3. The zero-order chi connectivity index (χ0) is 13.3. The highest BCUT2D eigenvalue weighted by molar-refractivity contribution is 9.10. The summed E-state index contributed by atoms with van der Waals surface area (Å²) < 4.78 is 3.06. The van der Waals surface area contributed by atoms with Crippen LogP contribution in [0.25, 0.3) is 5.69 Å². The van der Waals surface area contributed by atoms with Gasteiger partial charge in [0.05, 0.1) is 11.4 Å². The van der Waals surface area contributed by atoms with Crippen molar-refractivity contribution in [3.63, 3.8) is 0 Å². The third-order valence-electron chi connectivity index (χ3n) is 3.04. The van der Waals surface area contributed by atoms with Crippen LogP contribution < -0.4 is 5.73 Å². The Morgan fingerprint density at radius 2 is 1.89 bits per heavy atom. The van der Waals surface area contributed by atoms with Crippen molar-refractivity contribution in [1.29, 1.82) is 0 Å². The zero-order valence-electron chi connectivity index (χ0n) is 10.9. The van der Waals surface area contributed by atoms with Gasteiger partial charge in [-0.05, 0) is 57.0 Å². The summed E-state index contributed by atoms with van der Waals surface area (Å²) in [5.74, 6) is 0. The van der Waals surface area contributed by atoms with Gasteiger partial charge in [-0.25, -0.2) is 4.68 Å². The van der Waals surface area contributed by atoms with Crippen molar-refractivity contribution in [2.24, 2.45) is 5.73 Å². The molecule has 1 heterocycles. The van der Waals surface area contributed by atoms with Crippen LogP contribution in [0.3, 0.4) is 0 Å². The number of aromatic nitrogens is 2. The maximum absolute atomic E-state index is 5.89. The summed E-state index contributed by atoms with van der Waals surface area (Å²) in [6, 6.07) is 8.32. The number of benzene rings is 1. The van der Waals surface area contributed by atoms with Gasteiger partial charge in [-0.2, -0.15) is 5.10 Å². The molecule has 1 aromatic carbocycles. The van der Waals surface area contributed by atoms with E-state index in [0.717, 1.165) is 22.3 Å². The summed E-state index contributed by atoms with van der Waals surface area (Å²) in [5, 5.41) is 4.61. The maximum Gasteiger partial charge on any atom is 0.0649 e. The quantitative estimate of drug-likeness (QED) is 0.946. The lowest BCUT2D eigenvalue weighted by atomic mass is 10.1. The van der Waals surface area contributed by atoms with E-state index in [0.29, 0.717) is 0 Å². The Hall–Kier alpha value is -1.13.